The largest absolute Gasteiger partial charge is 0.450 e. The minimum Gasteiger partial charge on any atom is -0.450 e. The van der Waals surface area contributed by atoms with Crippen LogP contribution in [0.1, 0.15) is 45.1 Å². The fraction of sp³-hybridized carbons (Fsp3) is 0.579. The molecule has 0 spiro atoms. The lowest BCUT2D eigenvalue weighted by Crippen LogP contribution is -2.43. The third kappa shape index (κ3) is 5.66. The summed E-state index contributed by atoms with van der Waals surface area (Å²) in [5, 5.41) is 9.00. The van der Waals surface area contributed by atoms with Crippen molar-refractivity contribution in [2.45, 2.75) is 52.5 Å². The van der Waals surface area contributed by atoms with E-state index in [9.17, 15) is 9.59 Å². The maximum atomic E-state index is 12.2. The highest BCUT2D eigenvalue weighted by atomic mass is 16.5. The summed E-state index contributed by atoms with van der Waals surface area (Å²) in [6.07, 6.45) is 4.20. The second-order valence-corrected chi connectivity index (χ2v) is 6.61. The van der Waals surface area contributed by atoms with Gasteiger partial charge in [0, 0.05) is 17.4 Å². The van der Waals surface area contributed by atoms with Crippen LogP contribution in [0.15, 0.2) is 18.2 Å². The van der Waals surface area contributed by atoms with Gasteiger partial charge in [-0.25, -0.2) is 4.79 Å². The highest BCUT2D eigenvalue weighted by Crippen LogP contribution is 2.24. The first kappa shape index (κ1) is 19.1. The van der Waals surface area contributed by atoms with Crippen LogP contribution in [0, 0.1) is 12.8 Å². The zero-order valence-corrected chi connectivity index (χ0v) is 15.4. The molecular formula is C19H29N3O3. The molecule has 1 aromatic carbocycles. The quantitative estimate of drug-likeness (QED) is 0.733. The molecule has 1 aromatic rings. The Labute approximate surface area is 149 Å². The third-order valence-corrected chi connectivity index (χ3v) is 4.74. The van der Waals surface area contributed by atoms with E-state index in [1.54, 1.807) is 13.0 Å². The molecule has 138 valence electrons. The van der Waals surface area contributed by atoms with Gasteiger partial charge in [-0.15, -0.1) is 0 Å². The van der Waals surface area contributed by atoms with Gasteiger partial charge in [0.1, 0.15) is 0 Å². The number of ether oxygens (including phenoxy) is 1. The Bertz CT molecular complexity index is 604. The van der Waals surface area contributed by atoms with Gasteiger partial charge in [-0.05, 0) is 50.3 Å². The SMILES string of the molecule is CCOC(=O)Nc1cccc(NCC(=O)N[C@@H]2CCCC[C@H]2C)c1C. The molecule has 25 heavy (non-hydrogen) atoms. The lowest BCUT2D eigenvalue weighted by atomic mass is 9.86. The summed E-state index contributed by atoms with van der Waals surface area (Å²) >= 11 is 0. The van der Waals surface area contributed by atoms with E-state index in [1.807, 2.05) is 19.1 Å². The Morgan fingerprint density at radius 2 is 1.92 bits per heavy atom. The van der Waals surface area contributed by atoms with Crippen molar-refractivity contribution in [1.82, 2.24) is 5.32 Å². The number of rotatable bonds is 6. The van der Waals surface area contributed by atoms with Crippen LogP contribution >= 0.6 is 0 Å². The molecule has 0 aliphatic heterocycles. The highest BCUT2D eigenvalue weighted by molar-refractivity contribution is 5.87. The molecule has 0 saturated heterocycles. The highest BCUT2D eigenvalue weighted by Gasteiger charge is 2.22. The van der Waals surface area contributed by atoms with E-state index in [-0.39, 0.29) is 18.5 Å². The standard InChI is InChI=1S/C19H29N3O3/c1-4-25-19(24)22-17-11-7-10-16(14(17)3)20-12-18(23)21-15-9-6-5-8-13(15)2/h7,10-11,13,15,20H,4-6,8-9,12H2,1-3H3,(H,21,23)(H,22,24)/t13-,15-/m1/s1. The number of hydrogen-bond donors (Lipinski definition) is 3. The molecular weight excluding hydrogens is 318 g/mol. The minimum atomic E-state index is -0.480. The van der Waals surface area contributed by atoms with Crippen LogP contribution in [-0.4, -0.2) is 31.2 Å². The van der Waals surface area contributed by atoms with Gasteiger partial charge >= 0.3 is 6.09 Å². The Kier molecular flexibility index (Phi) is 7.10. The lowest BCUT2D eigenvalue weighted by Gasteiger charge is -2.29. The van der Waals surface area contributed by atoms with E-state index >= 15 is 0 Å². The maximum Gasteiger partial charge on any atom is 0.411 e. The Morgan fingerprint density at radius 3 is 2.64 bits per heavy atom. The fourth-order valence-electron chi connectivity index (χ4n) is 3.20. The van der Waals surface area contributed by atoms with Crippen LogP contribution in [0.4, 0.5) is 16.2 Å². The van der Waals surface area contributed by atoms with Gasteiger partial charge in [0.25, 0.3) is 0 Å². The summed E-state index contributed by atoms with van der Waals surface area (Å²) in [5.74, 6) is 0.540. The van der Waals surface area contributed by atoms with Crippen LogP contribution in [0.5, 0.6) is 0 Å². The Morgan fingerprint density at radius 1 is 1.20 bits per heavy atom. The number of benzene rings is 1. The van der Waals surface area contributed by atoms with Crippen molar-refractivity contribution in [2.75, 3.05) is 23.8 Å². The first-order valence-electron chi connectivity index (χ1n) is 9.08. The lowest BCUT2D eigenvalue weighted by molar-refractivity contribution is -0.120. The number of carbonyl (C=O) groups is 2. The van der Waals surface area contributed by atoms with Gasteiger partial charge in [-0.2, -0.15) is 0 Å². The normalized spacial score (nSPS) is 19.8. The third-order valence-electron chi connectivity index (χ3n) is 4.74. The van der Waals surface area contributed by atoms with Crippen LogP contribution in [0.3, 0.4) is 0 Å². The molecule has 1 fully saturated rings. The zero-order chi connectivity index (χ0) is 18.2. The summed E-state index contributed by atoms with van der Waals surface area (Å²) in [4.78, 5) is 23.8. The Hall–Kier alpha value is -2.24. The minimum absolute atomic E-state index is 0.00176. The van der Waals surface area contributed by atoms with Crippen LogP contribution in [-0.2, 0) is 9.53 Å². The van der Waals surface area contributed by atoms with Crippen molar-refractivity contribution in [1.29, 1.82) is 0 Å². The summed E-state index contributed by atoms with van der Waals surface area (Å²) in [6.45, 7) is 6.39. The van der Waals surface area contributed by atoms with Gasteiger partial charge in [-0.3, -0.25) is 10.1 Å². The van der Waals surface area contributed by atoms with Crippen molar-refractivity contribution in [2.24, 2.45) is 5.92 Å². The van der Waals surface area contributed by atoms with E-state index in [4.69, 9.17) is 4.74 Å². The van der Waals surface area contributed by atoms with Crippen LogP contribution in [0.25, 0.3) is 0 Å². The molecule has 0 radical (unpaired) electrons. The van der Waals surface area contributed by atoms with Gasteiger partial charge in [-0.1, -0.05) is 25.8 Å². The van der Waals surface area contributed by atoms with E-state index in [2.05, 4.69) is 22.9 Å². The van der Waals surface area contributed by atoms with E-state index < -0.39 is 6.09 Å². The van der Waals surface area contributed by atoms with Gasteiger partial charge in [0.15, 0.2) is 0 Å². The molecule has 0 aromatic heterocycles. The summed E-state index contributed by atoms with van der Waals surface area (Å²) in [7, 11) is 0. The average molecular weight is 347 g/mol. The van der Waals surface area contributed by atoms with Crippen LogP contribution < -0.4 is 16.0 Å². The summed E-state index contributed by atoms with van der Waals surface area (Å²) in [5.41, 5.74) is 2.36. The summed E-state index contributed by atoms with van der Waals surface area (Å²) in [6, 6.07) is 5.81. The molecule has 1 saturated carbocycles. The maximum absolute atomic E-state index is 12.2. The molecule has 6 nitrogen and oxygen atoms in total. The monoisotopic (exact) mass is 347 g/mol. The Balaban J connectivity index is 1.89. The first-order chi connectivity index (χ1) is 12.0. The van der Waals surface area contributed by atoms with Gasteiger partial charge in [0.2, 0.25) is 5.91 Å². The van der Waals surface area contributed by atoms with E-state index in [0.717, 1.165) is 17.7 Å². The first-order valence-corrected chi connectivity index (χ1v) is 9.08. The molecule has 0 bridgehead atoms. The summed E-state index contributed by atoms with van der Waals surface area (Å²) < 4.78 is 4.90. The molecule has 1 aliphatic rings. The number of hydrogen-bond acceptors (Lipinski definition) is 4. The second-order valence-electron chi connectivity index (χ2n) is 6.61. The van der Waals surface area contributed by atoms with Crippen molar-refractivity contribution in [3.63, 3.8) is 0 Å². The molecule has 1 aliphatic carbocycles. The molecule has 2 atom stereocenters. The van der Waals surface area contributed by atoms with Crippen molar-refractivity contribution in [3.05, 3.63) is 23.8 Å². The van der Waals surface area contributed by atoms with E-state index in [0.29, 0.717) is 18.2 Å². The smallest absolute Gasteiger partial charge is 0.411 e. The second kappa shape index (κ2) is 9.30. The zero-order valence-electron chi connectivity index (χ0n) is 15.4. The predicted octanol–water partition coefficient (Wildman–Crippen LogP) is 3.67. The molecule has 2 rings (SSSR count). The van der Waals surface area contributed by atoms with Gasteiger partial charge in [0.05, 0.1) is 13.2 Å². The van der Waals surface area contributed by atoms with Gasteiger partial charge < -0.3 is 15.4 Å². The number of amides is 2. The number of carbonyl (C=O) groups excluding carboxylic acids is 2. The average Bonchev–Trinajstić information content (AvgIpc) is 2.58. The number of anilines is 2. The molecule has 0 heterocycles. The van der Waals surface area contributed by atoms with E-state index in [1.165, 1.54) is 19.3 Å². The molecule has 2 amide bonds. The molecule has 3 N–H and O–H groups in total. The topological polar surface area (TPSA) is 79.5 Å². The molecule has 0 unspecified atom stereocenters. The number of nitrogens with one attached hydrogen (secondary N) is 3. The van der Waals surface area contributed by atoms with Crippen molar-refractivity contribution < 1.29 is 14.3 Å². The fourth-order valence-corrected chi connectivity index (χ4v) is 3.20. The molecule has 6 heteroatoms. The van der Waals surface area contributed by atoms with Crippen molar-refractivity contribution >= 4 is 23.4 Å². The van der Waals surface area contributed by atoms with Crippen LogP contribution in [0.2, 0.25) is 0 Å². The van der Waals surface area contributed by atoms with Crippen molar-refractivity contribution in [3.8, 4) is 0 Å². The predicted molar refractivity (Wildman–Crippen MR) is 99.9 cm³/mol.